The molecule has 4 heteroatoms. The van der Waals surface area contributed by atoms with Gasteiger partial charge in [-0.1, -0.05) is 36.4 Å². The van der Waals surface area contributed by atoms with Crippen LogP contribution in [0.2, 0.25) is 0 Å². The number of benzene rings is 2. The summed E-state index contributed by atoms with van der Waals surface area (Å²) in [7, 11) is 0. The molecule has 0 fully saturated rings. The Morgan fingerprint density at radius 3 is 2.57 bits per heavy atom. The molecule has 0 heterocycles. The van der Waals surface area contributed by atoms with E-state index in [9.17, 15) is 9.59 Å². The lowest BCUT2D eigenvalue weighted by molar-refractivity contribution is -0.135. The molecule has 2 aromatic rings. The maximum Gasteiger partial charge on any atom is 0.311 e. The number of carbonyl (C=O) groups excluding carboxylic acids is 1. The molecule has 2 aromatic carbocycles. The molecule has 2 rings (SSSR count). The van der Waals surface area contributed by atoms with Crippen molar-refractivity contribution in [3.05, 3.63) is 54.1 Å². The summed E-state index contributed by atoms with van der Waals surface area (Å²) in [4.78, 5) is 22.8. The van der Waals surface area contributed by atoms with Gasteiger partial charge in [0.1, 0.15) is 12.2 Å². The monoisotopic (exact) mass is 284 g/mol. The number of carboxylic acid groups (broad SMARTS) is 1. The van der Waals surface area contributed by atoms with Crippen LogP contribution in [0, 0.1) is 0 Å². The standard InChI is InChI=1S/C17H16O4/c1-2-21-13-7-5-6-12(10-13)14-8-3-4-9-15(14)16(18)11-17(19)20/h3-10H,2,11H2,1H3,(H,19,20). The van der Waals surface area contributed by atoms with Crippen molar-refractivity contribution in [2.75, 3.05) is 6.61 Å². The van der Waals surface area contributed by atoms with Gasteiger partial charge in [-0.3, -0.25) is 9.59 Å². The molecule has 0 spiro atoms. The number of ketones is 1. The van der Waals surface area contributed by atoms with E-state index in [1.165, 1.54) is 0 Å². The molecule has 108 valence electrons. The van der Waals surface area contributed by atoms with E-state index in [4.69, 9.17) is 9.84 Å². The molecule has 0 bridgehead atoms. The fourth-order valence-electron chi connectivity index (χ4n) is 2.13. The van der Waals surface area contributed by atoms with Gasteiger partial charge >= 0.3 is 5.97 Å². The molecule has 0 aliphatic heterocycles. The SMILES string of the molecule is CCOc1cccc(-c2ccccc2C(=O)CC(=O)O)c1. The average Bonchev–Trinajstić information content (AvgIpc) is 2.47. The molecular weight excluding hydrogens is 268 g/mol. The molecule has 1 N–H and O–H groups in total. The predicted octanol–water partition coefficient (Wildman–Crippen LogP) is 3.41. The number of hydrogen-bond acceptors (Lipinski definition) is 3. The first-order valence-corrected chi connectivity index (χ1v) is 6.69. The zero-order valence-electron chi connectivity index (χ0n) is 11.7. The third-order valence-corrected chi connectivity index (χ3v) is 3.00. The Hall–Kier alpha value is -2.62. The van der Waals surface area contributed by atoms with Gasteiger partial charge in [-0.05, 0) is 30.2 Å². The van der Waals surface area contributed by atoms with Crippen molar-refractivity contribution in [3.8, 4) is 16.9 Å². The molecule has 21 heavy (non-hydrogen) atoms. The first-order chi connectivity index (χ1) is 10.1. The zero-order valence-corrected chi connectivity index (χ0v) is 11.7. The van der Waals surface area contributed by atoms with Crippen LogP contribution in [0.4, 0.5) is 0 Å². The van der Waals surface area contributed by atoms with Crippen molar-refractivity contribution in [3.63, 3.8) is 0 Å². The highest BCUT2D eigenvalue weighted by Crippen LogP contribution is 2.27. The summed E-state index contributed by atoms with van der Waals surface area (Å²) in [5.74, 6) is -0.812. The molecule has 0 aromatic heterocycles. The number of ether oxygens (including phenoxy) is 1. The minimum atomic E-state index is -1.13. The third-order valence-electron chi connectivity index (χ3n) is 3.00. The largest absolute Gasteiger partial charge is 0.494 e. The van der Waals surface area contributed by atoms with Gasteiger partial charge in [0.25, 0.3) is 0 Å². The second-order valence-corrected chi connectivity index (χ2v) is 4.50. The topological polar surface area (TPSA) is 63.6 Å². The number of rotatable bonds is 6. The molecule has 4 nitrogen and oxygen atoms in total. The minimum Gasteiger partial charge on any atom is -0.494 e. The van der Waals surface area contributed by atoms with Gasteiger partial charge < -0.3 is 9.84 Å². The summed E-state index contributed by atoms with van der Waals surface area (Å²) in [6.07, 6.45) is -0.512. The van der Waals surface area contributed by atoms with Crippen LogP contribution in [0.15, 0.2) is 48.5 Å². The Kier molecular flexibility index (Phi) is 4.72. The van der Waals surface area contributed by atoms with Crippen LogP contribution in [-0.4, -0.2) is 23.5 Å². The van der Waals surface area contributed by atoms with Crippen LogP contribution >= 0.6 is 0 Å². The van der Waals surface area contributed by atoms with Crippen molar-refractivity contribution in [2.45, 2.75) is 13.3 Å². The van der Waals surface area contributed by atoms with E-state index >= 15 is 0 Å². The van der Waals surface area contributed by atoms with Gasteiger partial charge in [0, 0.05) is 5.56 Å². The van der Waals surface area contributed by atoms with E-state index in [-0.39, 0.29) is 0 Å². The summed E-state index contributed by atoms with van der Waals surface area (Å²) in [5, 5.41) is 8.78. The maximum absolute atomic E-state index is 12.0. The van der Waals surface area contributed by atoms with Crippen LogP contribution < -0.4 is 4.74 Å². The van der Waals surface area contributed by atoms with Gasteiger partial charge in [-0.2, -0.15) is 0 Å². The third kappa shape index (κ3) is 3.69. The van der Waals surface area contributed by atoms with E-state index < -0.39 is 18.2 Å². The van der Waals surface area contributed by atoms with Crippen LogP contribution in [0.3, 0.4) is 0 Å². The number of carboxylic acids is 1. The van der Waals surface area contributed by atoms with Crippen molar-refractivity contribution in [1.29, 1.82) is 0 Å². The van der Waals surface area contributed by atoms with Crippen LogP contribution in [0.25, 0.3) is 11.1 Å². The average molecular weight is 284 g/mol. The lowest BCUT2D eigenvalue weighted by atomic mass is 9.96. The number of Topliss-reactive ketones (excluding diaryl/α,β-unsaturated/α-hetero) is 1. The smallest absolute Gasteiger partial charge is 0.311 e. The van der Waals surface area contributed by atoms with Crippen LogP contribution in [-0.2, 0) is 4.79 Å². The van der Waals surface area contributed by atoms with Gasteiger partial charge in [-0.25, -0.2) is 0 Å². The normalized spacial score (nSPS) is 10.1. The van der Waals surface area contributed by atoms with Gasteiger partial charge in [0.05, 0.1) is 6.61 Å². The molecule has 0 saturated heterocycles. The zero-order chi connectivity index (χ0) is 15.2. The Bertz CT molecular complexity index is 661. The Morgan fingerprint density at radius 2 is 1.86 bits per heavy atom. The van der Waals surface area contributed by atoms with Gasteiger partial charge in [-0.15, -0.1) is 0 Å². The van der Waals surface area contributed by atoms with Gasteiger partial charge in [0.15, 0.2) is 5.78 Å². The summed E-state index contributed by atoms with van der Waals surface area (Å²) in [5.41, 5.74) is 1.95. The molecule has 0 aliphatic rings. The first-order valence-electron chi connectivity index (χ1n) is 6.69. The number of carbonyl (C=O) groups is 2. The lowest BCUT2D eigenvalue weighted by Crippen LogP contribution is -2.08. The second-order valence-electron chi connectivity index (χ2n) is 4.50. The molecule has 0 radical (unpaired) electrons. The molecule has 0 aliphatic carbocycles. The van der Waals surface area contributed by atoms with E-state index in [1.54, 1.807) is 18.2 Å². The van der Waals surface area contributed by atoms with E-state index in [2.05, 4.69) is 0 Å². The lowest BCUT2D eigenvalue weighted by Gasteiger charge is -2.10. The summed E-state index contributed by atoms with van der Waals surface area (Å²) >= 11 is 0. The second kappa shape index (κ2) is 6.70. The van der Waals surface area contributed by atoms with Gasteiger partial charge in [0.2, 0.25) is 0 Å². The fraction of sp³-hybridized carbons (Fsp3) is 0.176. The molecule has 0 saturated carbocycles. The number of aliphatic carboxylic acids is 1. The quantitative estimate of drug-likeness (QED) is 0.652. The highest BCUT2D eigenvalue weighted by molar-refractivity contribution is 6.09. The molecule has 0 atom stereocenters. The van der Waals surface area contributed by atoms with E-state index in [1.807, 2.05) is 37.3 Å². The van der Waals surface area contributed by atoms with Crippen molar-refractivity contribution in [1.82, 2.24) is 0 Å². The molecule has 0 unspecified atom stereocenters. The highest BCUT2D eigenvalue weighted by Gasteiger charge is 2.15. The fourth-order valence-corrected chi connectivity index (χ4v) is 2.13. The summed E-state index contributed by atoms with van der Waals surface area (Å²) in [6.45, 7) is 2.46. The van der Waals surface area contributed by atoms with Crippen LogP contribution in [0.1, 0.15) is 23.7 Å². The maximum atomic E-state index is 12.0. The Labute approximate surface area is 123 Å². The van der Waals surface area contributed by atoms with E-state index in [0.717, 1.165) is 11.3 Å². The van der Waals surface area contributed by atoms with E-state index in [0.29, 0.717) is 17.7 Å². The first kappa shape index (κ1) is 14.8. The minimum absolute atomic E-state index is 0.403. The Balaban J connectivity index is 2.42. The highest BCUT2D eigenvalue weighted by atomic mass is 16.5. The summed E-state index contributed by atoms with van der Waals surface area (Å²) < 4.78 is 5.45. The predicted molar refractivity (Wildman–Crippen MR) is 79.6 cm³/mol. The number of hydrogen-bond donors (Lipinski definition) is 1. The van der Waals surface area contributed by atoms with Crippen LogP contribution in [0.5, 0.6) is 5.75 Å². The van der Waals surface area contributed by atoms with Crippen molar-refractivity contribution < 1.29 is 19.4 Å². The molecule has 0 amide bonds. The van der Waals surface area contributed by atoms with Crippen molar-refractivity contribution in [2.24, 2.45) is 0 Å². The summed E-state index contributed by atoms with van der Waals surface area (Å²) in [6, 6.07) is 14.4. The Morgan fingerprint density at radius 1 is 1.10 bits per heavy atom. The molecular formula is C17H16O4. The van der Waals surface area contributed by atoms with Crippen molar-refractivity contribution >= 4 is 11.8 Å².